The zero-order valence-electron chi connectivity index (χ0n) is 11.2. The second kappa shape index (κ2) is 3.58. The number of hydrogen-bond donors (Lipinski definition) is 0. The van der Waals surface area contributed by atoms with Crippen molar-refractivity contribution in [2.24, 2.45) is 11.3 Å². The molecule has 2 rings (SSSR count). The summed E-state index contributed by atoms with van der Waals surface area (Å²) in [5.74, 6) is 0.230. The van der Waals surface area contributed by atoms with E-state index in [9.17, 15) is 0 Å². The average Bonchev–Trinajstić information content (AvgIpc) is 2.53. The monoisotopic (exact) mass is 224 g/mol. The molecule has 4 atom stereocenters. The summed E-state index contributed by atoms with van der Waals surface area (Å²) in [6.45, 7) is 15.0. The van der Waals surface area contributed by atoms with Crippen molar-refractivity contribution >= 4 is 0 Å². The Morgan fingerprint density at radius 3 is 2.06 bits per heavy atom. The van der Waals surface area contributed by atoms with Crippen molar-refractivity contribution in [1.29, 1.82) is 0 Å². The fourth-order valence-corrected chi connectivity index (χ4v) is 3.15. The van der Waals surface area contributed by atoms with E-state index < -0.39 is 0 Å². The van der Waals surface area contributed by atoms with Crippen molar-refractivity contribution in [3.63, 3.8) is 0 Å². The molecule has 0 radical (unpaired) electrons. The quantitative estimate of drug-likeness (QED) is 0.634. The summed E-state index contributed by atoms with van der Waals surface area (Å²) in [7, 11) is 0. The summed E-state index contributed by atoms with van der Waals surface area (Å²) in [4.78, 5) is 0. The lowest BCUT2D eigenvalue weighted by Gasteiger charge is -2.30. The molecule has 0 N–H and O–H groups in total. The van der Waals surface area contributed by atoms with Crippen molar-refractivity contribution in [3.8, 4) is 0 Å². The molecular weight excluding hydrogens is 200 g/mol. The van der Waals surface area contributed by atoms with Gasteiger partial charge in [0.15, 0.2) is 5.79 Å². The predicted molar refractivity (Wildman–Crippen MR) is 65.1 cm³/mol. The molecule has 1 aliphatic heterocycles. The number of rotatable bonds is 1. The van der Waals surface area contributed by atoms with Crippen LogP contribution in [0.15, 0.2) is 12.2 Å². The maximum atomic E-state index is 6.07. The lowest BCUT2D eigenvalue weighted by molar-refractivity contribution is -0.172. The van der Waals surface area contributed by atoms with Crippen LogP contribution in [0.2, 0.25) is 0 Å². The van der Waals surface area contributed by atoms with Gasteiger partial charge in [-0.25, -0.2) is 0 Å². The molecule has 2 fully saturated rings. The molecule has 1 heterocycles. The lowest BCUT2D eigenvalue weighted by atomic mass is 9.75. The van der Waals surface area contributed by atoms with Gasteiger partial charge in [0.1, 0.15) is 0 Å². The second-order valence-corrected chi connectivity index (χ2v) is 6.04. The van der Waals surface area contributed by atoms with Gasteiger partial charge in [0, 0.05) is 12.8 Å². The summed E-state index contributed by atoms with van der Waals surface area (Å²) in [6, 6.07) is 0. The zero-order valence-corrected chi connectivity index (χ0v) is 11.2. The van der Waals surface area contributed by atoms with Crippen molar-refractivity contribution in [1.82, 2.24) is 0 Å². The van der Waals surface area contributed by atoms with E-state index in [1.54, 1.807) is 0 Å². The van der Waals surface area contributed by atoms with Gasteiger partial charge >= 0.3 is 0 Å². The minimum Gasteiger partial charge on any atom is -0.344 e. The molecule has 0 aromatic carbocycles. The normalized spacial score (nSPS) is 46.4. The van der Waals surface area contributed by atoms with Crippen LogP contribution in [0.3, 0.4) is 0 Å². The maximum Gasteiger partial charge on any atom is 0.170 e. The molecule has 92 valence electrons. The van der Waals surface area contributed by atoms with Crippen LogP contribution in [0.25, 0.3) is 0 Å². The Morgan fingerprint density at radius 1 is 1.19 bits per heavy atom. The highest BCUT2D eigenvalue weighted by Crippen LogP contribution is 2.56. The van der Waals surface area contributed by atoms with Gasteiger partial charge in [0.05, 0.1) is 12.2 Å². The van der Waals surface area contributed by atoms with Crippen molar-refractivity contribution in [3.05, 3.63) is 12.2 Å². The Morgan fingerprint density at radius 2 is 1.69 bits per heavy atom. The van der Waals surface area contributed by atoms with Crippen LogP contribution in [0.5, 0.6) is 0 Å². The summed E-state index contributed by atoms with van der Waals surface area (Å²) in [6.07, 6.45) is 2.36. The highest BCUT2D eigenvalue weighted by molar-refractivity contribution is 5.14. The molecule has 0 aromatic rings. The lowest BCUT2D eigenvalue weighted by Crippen LogP contribution is -2.29. The van der Waals surface area contributed by atoms with Crippen LogP contribution in [0, 0.1) is 11.3 Å². The number of hydrogen-bond acceptors (Lipinski definition) is 2. The van der Waals surface area contributed by atoms with E-state index in [2.05, 4.69) is 41.2 Å². The summed E-state index contributed by atoms with van der Waals surface area (Å²) < 4.78 is 12.1. The molecule has 0 amide bonds. The molecule has 1 saturated carbocycles. The molecule has 16 heavy (non-hydrogen) atoms. The Labute approximate surface area is 99.0 Å². The van der Waals surface area contributed by atoms with E-state index in [-0.39, 0.29) is 23.4 Å². The highest BCUT2D eigenvalue weighted by Gasteiger charge is 2.56. The SMILES string of the molecule is C=C(C)[C@@]1(C)CC2(C[C@H]1C)O[C@H](C)[C@@H](C)O2. The third-order valence-corrected chi connectivity index (χ3v) is 4.78. The zero-order chi connectivity index (χ0) is 12.1. The Balaban J connectivity index is 2.21. The second-order valence-electron chi connectivity index (χ2n) is 6.04. The van der Waals surface area contributed by atoms with Crippen LogP contribution in [-0.4, -0.2) is 18.0 Å². The minimum atomic E-state index is -0.341. The fourth-order valence-electron chi connectivity index (χ4n) is 3.15. The van der Waals surface area contributed by atoms with E-state index in [1.165, 1.54) is 5.57 Å². The van der Waals surface area contributed by atoms with Crippen molar-refractivity contribution < 1.29 is 9.47 Å². The standard InChI is InChI=1S/C14H24O2/c1-9(2)13(6)8-14(7-10(13)3)15-11(4)12(5)16-14/h10-12H,1,7-8H2,2-6H3/t10-,11-,12-,13-/m1/s1. The largest absolute Gasteiger partial charge is 0.344 e. The van der Waals surface area contributed by atoms with Gasteiger partial charge < -0.3 is 9.47 Å². The van der Waals surface area contributed by atoms with Crippen molar-refractivity contribution in [2.45, 2.75) is 65.5 Å². The van der Waals surface area contributed by atoms with E-state index in [0.717, 1.165) is 12.8 Å². The summed E-state index contributed by atoms with van der Waals surface area (Å²) >= 11 is 0. The molecule has 2 aliphatic rings. The van der Waals surface area contributed by atoms with Crippen LogP contribution in [0.4, 0.5) is 0 Å². The molecule has 0 bridgehead atoms. The van der Waals surface area contributed by atoms with Crippen LogP contribution >= 0.6 is 0 Å². The van der Waals surface area contributed by atoms with Gasteiger partial charge in [-0.3, -0.25) is 0 Å². The molecule has 1 spiro atoms. The molecule has 0 aromatic heterocycles. The molecular formula is C14H24O2. The van der Waals surface area contributed by atoms with Gasteiger partial charge in [-0.2, -0.15) is 0 Å². The van der Waals surface area contributed by atoms with Gasteiger partial charge in [-0.05, 0) is 32.1 Å². The molecule has 2 nitrogen and oxygen atoms in total. The Kier molecular flexibility index (Phi) is 2.71. The number of ether oxygens (including phenoxy) is 2. The minimum absolute atomic E-state index is 0.157. The first-order valence-electron chi connectivity index (χ1n) is 6.31. The van der Waals surface area contributed by atoms with Gasteiger partial charge in [-0.1, -0.05) is 26.0 Å². The summed E-state index contributed by atoms with van der Waals surface area (Å²) in [5, 5.41) is 0. The first-order valence-corrected chi connectivity index (χ1v) is 6.31. The average molecular weight is 224 g/mol. The van der Waals surface area contributed by atoms with Gasteiger partial charge in [-0.15, -0.1) is 0 Å². The number of allylic oxidation sites excluding steroid dienone is 1. The smallest absolute Gasteiger partial charge is 0.170 e. The van der Waals surface area contributed by atoms with Gasteiger partial charge in [0.25, 0.3) is 0 Å². The van der Waals surface area contributed by atoms with E-state index in [0.29, 0.717) is 5.92 Å². The summed E-state index contributed by atoms with van der Waals surface area (Å²) in [5.41, 5.74) is 1.40. The molecule has 0 unspecified atom stereocenters. The van der Waals surface area contributed by atoms with Crippen LogP contribution in [0.1, 0.15) is 47.5 Å². The maximum absolute atomic E-state index is 6.07. The Bertz CT molecular complexity index is 300. The predicted octanol–water partition coefficient (Wildman–Crippen LogP) is 3.52. The first-order chi connectivity index (χ1) is 7.29. The van der Waals surface area contributed by atoms with Crippen LogP contribution < -0.4 is 0 Å². The first kappa shape index (κ1) is 12.1. The molecule has 1 aliphatic carbocycles. The van der Waals surface area contributed by atoms with Crippen molar-refractivity contribution in [2.75, 3.05) is 0 Å². The van der Waals surface area contributed by atoms with E-state index in [1.807, 2.05) is 0 Å². The van der Waals surface area contributed by atoms with E-state index >= 15 is 0 Å². The highest BCUT2D eigenvalue weighted by atomic mass is 16.8. The third kappa shape index (κ3) is 1.63. The molecule has 2 heteroatoms. The van der Waals surface area contributed by atoms with Crippen LogP contribution in [-0.2, 0) is 9.47 Å². The van der Waals surface area contributed by atoms with E-state index in [4.69, 9.17) is 9.47 Å². The fraction of sp³-hybridized carbons (Fsp3) is 0.857. The Hall–Kier alpha value is -0.340. The molecule has 1 saturated heterocycles. The van der Waals surface area contributed by atoms with Gasteiger partial charge in [0.2, 0.25) is 0 Å². The third-order valence-electron chi connectivity index (χ3n) is 4.78. The topological polar surface area (TPSA) is 18.5 Å².